The number of nitrogens with zero attached hydrogens (tertiary/aromatic N) is 3. The van der Waals surface area contributed by atoms with Gasteiger partial charge >= 0.3 is 0 Å². The van der Waals surface area contributed by atoms with Gasteiger partial charge in [0, 0.05) is 32.2 Å². The number of benzene rings is 1. The molecule has 0 bridgehead atoms. The summed E-state index contributed by atoms with van der Waals surface area (Å²) < 4.78 is 4.92. The van der Waals surface area contributed by atoms with E-state index in [4.69, 9.17) is 9.72 Å². The highest BCUT2D eigenvalue weighted by molar-refractivity contribution is 5.94. The molecule has 1 aromatic heterocycles. The number of ether oxygens (including phenoxy) is 1. The third-order valence-corrected chi connectivity index (χ3v) is 6.09. The summed E-state index contributed by atoms with van der Waals surface area (Å²) in [5, 5.41) is 0. The molecule has 8 heteroatoms. The minimum absolute atomic E-state index is 0.00307. The highest BCUT2D eigenvalue weighted by atomic mass is 16.5. The van der Waals surface area contributed by atoms with E-state index in [1.165, 1.54) is 7.11 Å². The Hall–Kier alpha value is -3.00. The monoisotopic (exact) mass is 424 g/mol. The number of amides is 2. The zero-order valence-corrected chi connectivity index (χ0v) is 18.0. The minimum Gasteiger partial charge on any atom is -0.375 e. The van der Waals surface area contributed by atoms with Crippen molar-refractivity contribution < 1.29 is 14.3 Å². The van der Waals surface area contributed by atoms with Crippen LogP contribution in [0.2, 0.25) is 0 Å². The molecule has 0 spiro atoms. The van der Waals surface area contributed by atoms with Crippen molar-refractivity contribution in [2.45, 2.75) is 45.2 Å². The van der Waals surface area contributed by atoms with Gasteiger partial charge in [0.25, 0.3) is 11.5 Å². The molecule has 0 unspecified atom stereocenters. The number of aryl methyl sites for hydroxylation is 1. The number of H-pyrrole nitrogens is 1. The van der Waals surface area contributed by atoms with Gasteiger partial charge in [-0.15, -0.1) is 0 Å². The van der Waals surface area contributed by atoms with Crippen molar-refractivity contribution >= 4 is 11.8 Å². The Morgan fingerprint density at radius 3 is 2.71 bits per heavy atom. The molecule has 0 radical (unpaired) electrons. The molecule has 8 nitrogen and oxygen atoms in total. The number of likely N-dealkylation sites (tertiary alicyclic amines) is 1. The second-order valence-corrected chi connectivity index (χ2v) is 8.25. The summed E-state index contributed by atoms with van der Waals surface area (Å²) in [4.78, 5) is 49.3. The van der Waals surface area contributed by atoms with E-state index in [0.29, 0.717) is 42.2 Å². The van der Waals surface area contributed by atoms with Gasteiger partial charge in [-0.3, -0.25) is 14.4 Å². The molecular formula is C23H28N4O4. The molecule has 1 N–H and O–H groups in total. The van der Waals surface area contributed by atoms with Gasteiger partial charge < -0.3 is 19.5 Å². The van der Waals surface area contributed by atoms with Gasteiger partial charge in [-0.05, 0) is 38.3 Å². The summed E-state index contributed by atoms with van der Waals surface area (Å²) in [5.74, 6) is 0.362. The molecule has 2 amide bonds. The lowest BCUT2D eigenvalue weighted by Gasteiger charge is -2.36. The molecule has 2 aliphatic heterocycles. The molecule has 1 atom stereocenters. The lowest BCUT2D eigenvalue weighted by atomic mass is 9.99. The zero-order chi connectivity index (χ0) is 22.0. The summed E-state index contributed by atoms with van der Waals surface area (Å²) in [6.45, 7) is 3.36. The van der Waals surface area contributed by atoms with E-state index in [0.717, 1.165) is 24.8 Å². The van der Waals surface area contributed by atoms with Crippen molar-refractivity contribution in [3.8, 4) is 0 Å². The lowest BCUT2D eigenvalue weighted by molar-refractivity contribution is -0.136. The largest absolute Gasteiger partial charge is 0.375 e. The average Bonchev–Trinajstić information content (AvgIpc) is 2.79. The predicted molar refractivity (Wildman–Crippen MR) is 115 cm³/mol. The second-order valence-electron chi connectivity index (χ2n) is 8.25. The van der Waals surface area contributed by atoms with Crippen LogP contribution in [0.3, 0.4) is 0 Å². The van der Waals surface area contributed by atoms with Crippen LogP contribution in [-0.2, 0) is 22.5 Å². The molecule has 1 aromatic carbocycles. The van der Waals surface area contributed by atoms with Crippen molar-refractivity contribution in [3.63, 3.8) is 0 Å². The lowest BCUT2D eigenvalue weighted by Crippen LogP contribution is -2.43. The predicted octanol–water partition coefficient (Wildman–Crippen LogP) is 1.98. The van der Waals surface area contributed by atoms with Crippen LogP contribution in [0.5, 0.6) is 0 Å². The highest BCUT2D eigenvalue weighted by Crippen LogP contribution is 2.30. The van der Waals surface area contributed by atoms with Crippen molar-refractivity contribution in [1.82, 2.24) is 19.8 Å². The Kier molecular flexibility index (Phi) is 6.18. The number of nitrogens with one attached hydrogen (secondary N) is 1. The molecule has 1 saturated heterocycles. The number of hydrogen-bond acceptors (Lipinski definition) is 5. The van der Waals surface area contributed by atoms with Gasteiger partial charge in [-0.2, -0.15) is 0 Å². The van der Waals surface area contributed by atoms with Gasteiger partial charge in [0.1, 0.15) is 12.4 Å². The third-order valence-electron chi connectivity index (χ3n) is 6.09. The quantitative estimate of drug-likeness (QED) is 0.810. The standard InChI is InChI=1S/C23H28N4O4/c1-15-6-8-16(9-7-15)23(30)27-11-4-3-5-19(27)21-24-18-10-12-26(20(28)14-31-2)13-17(18)22(29)25-21/h6-9,19H,3-5,10-14H2,1-2H3,(H,24,25,29)/t19-/m0/s1. The summed E-state index contributed by atoms with van der Waals surface area (Å²) in [6, 6.07) is 7.30. The molecular weight excluding hydrogens is 396 g/mol. The van der Waals surface area contributed by atoms with Crippen molar-refractivity contribution in [2.24, 2.45) is 0 Å². The average molecular weight is 425 g/mol. The van der Waals surface area contributed by atoms with Crippen molar-refractivity contribution in [2.75, 3.05) is 26.8 Å². The number of carbonyl (C=O) groups is 2. The van der Waals surface area contributed by atoms with Crippen LogP contribution in [0, 0.1) is 6.92 Å². The molecule has 4 rings (SSSR count). The number of aromatic amines is 1. The van der Waals surface area contributed by atoms with E-state index < -0.39 is 0 Å². The van der Waals surface area contributed by atoms with Crippen LogP contribution in [0.15, 0.2) is 29.1 Å². The van der Waals surface area contributed by atoms with Gasteiger partial charge in [-0.1, -0.05) is 17.7 Å². The molecule has 3 heterocycles. The molecule has 0 aliphatic carbocycles. The van der Waals surface area contributed by atoms with Crippen LogP contribution in [-0.4, -0.2) is 58.4 Å². The SMILES string of the molecule is COCC(=O)N1CCc2nc([C@@H]3CCCCN3C(=O)c3ccc(C)cc3)[nH]c(=O)c2C1. The molecule has 2 aromatic rings. The molecule has 164 valence electrons. The third kappa shape index (κ3) is 4.39. The second kappa shape index (κ2) is 9.01. The van der Waals surface area contributed by atoms with E-state index in [9.17, 15) is 14.4 Å². The van der Waals surface area contributed by atoms with E-state index in [-0.39, 0.29) is 36.6 Å². The Morgan fingerprint density at radius 2 is 1.97 bits per heavy atom. The van der Waals surface area contributed by atoms with Gasteiger partial charge in [0.15, 0.2) is 0 Å². The number of fused-ring (bicyclic) bond motifs is 1. The van der Waals surface area contributed by atoms with Gasteiger partial charge in [0.05, 0.1) is 23.8 Å². The Labute approximate surface area is 181 Å². The molecule has 2 aliphatic rings. The summed E-state index contributed by atoms with van der Waals surface area (Å²) in [7, 11) is 1.48. The fourth-order valence-corrected chi connectivity index (χ4v) is 4.35. The van der Waals surface area contributed by atoms with Crippen LogP contribution in [0.1, 0.15) is 58.3 Å². The number of aromatic nitrogens is 2. The number of hydrogen-bond donors (Lipinski definition) is 1. The van der Waals surface area contributed by atoms with Crippen LogP contribution < -0.4 is 5.56 Å². The minimum atomic E-state index is -0.256. The normalized spacial score (nSPS) is 18.6. The smallest absolute Gasteiger partial charge is 0.256 e. The van der Waals surface area contributed by atoms with Crippen LogP contribution >= 0.6 is 0 Å². The number of rotatable bonds is 4. The molecule has 31 heavy (non-hydrogen) atoms. The first kappa shape index (κ1) is 21.2. The summed E-state index contributed by atoms with van der Waals surface area (Å²) >= 11 is 0. The Morgan fingerprint density at radius 1 is 1.19 bits per heavy atom. The topological polar surface area (TPSA) is 95.6 Å². The molecule has 0 saturated carbocycles. The zero-order valence-electron chi connectivity index (χ0n) is 18.0. The molecule has 1 fully saturated rings. The first-order chi connectivity index (χ1) is 15.0. The number of piperidine rings is 1. The number of carbonyl (C=O) groups excluding carboxylic acids is 2. The Balaban J connectivity index is 1.60. The maximum atomic E-state index is 13.2. The maximum absolute atomic E-state index is 13.2. The van der Waals surface area contributed by atoms with Crippen molar-refractivity contribution in [3.05, 3.63) is 62.8 Å². The summed E-state index contributed by atoms with van der Waals surface area (Å²) in [5.41, 5.74) is 2.75. The summed E-state index contributed by atoms with van der Waals surface area (Å²) in [6.07, 6.45) is 3.18. The van der Waals surface area contributed by atoms with Crippen LogP contribution in [0.25, 0.3) is 0 Å². The fraction of sp³-hybridized carbons (Fsp3) is 0.478. The van der Waals surface area contributed by atoms with E-state index in [1.807, 2.05) is 36.1 Å². The van der Waals surface area contributed by atoms with E-state index in [2.05, 4.69) is 4.98 Å². The maximum Gasteiger partial charge on any atom is 0.256 e. The van der Waals surface area contributed by atoms with Crippen molar-refractivity contribution in [1.29, 1.82) is 0 Å². The van der Waals surface area contributed by atoms with Gasteiger partial charge in [-0.25, -0.2) is 4.98 Å². The fourth-order valence-electron chi connectivity index (χ4n) is 4.35. The first-order valence-electron chi connectivity index (χ1n) is 10.7. The van der Waals surface area contributed by atoms with Gasteiger partial charge in [0.2, 0.25) is 5.91 Å². The highest BCUT2D eigenvalue weighted by Gasteiger charge is 2.32. The van der Waals surface area contributed by atoms with E-state index in [1.54, 1.807) is 4.90 Å². The first-order valence-corrected chi connectivity index (χ1v) is 10.7. The number of methoxy groups -OCH3 is 1. The Bertz CT molecular complexity index is 1030. The van der Waals surface area contributed by atoms with E-state index >= 15 is 0 Å². The van der Waals surface area contributed by atoms with Crippen LogP contribution in [0.4, 0.5) is 0 Å².